The van der Waals surface area contributed by atoms with Crippen LogP contribution in [0.5, 0.6) is 0 Å². The summed E-state index contributed by atoms with van der Waals surface area (Å²) in [5.74, 6) is 0. The Labute approximate surface area is 98.3 Å². The van der Waals surface area contributed by atoms with E-state index < -0.39 is 0 Å². The van der Waals surface area contributed by atoms with Gasteiger partial charge in [-0.3, -0.25) is 0 Å². The van der Waals surface area contributed by atoms with Crippen molar-refractivity contribution in [3.8, 4) is 0 Å². The Kier molecular flexibility index (Phi) is 7.53. The molecule has 0 atom stereocenters. The molecule has 0 fully saturated rings. The van der Waals surface area contributed by atoms with E-state index in [1.54, 1.807) is 10.9 Å². The van der Waals surface area contributed by atoms with Crippen LogP contribution in [0.4, 0.5) is 0 Å². The predicted molar refractivity (Wildman–Crippen MR) is 75.1 cm³/mol. The highest BCUT2D eigenvalue weighted by Gasteiger charge is 2.21. The minimum atomic E-state index is 0.0864. The van der Waals surface area contributed by atoms with E-state index in [-0.39, 0.29) is 7.92 Å². The summed E-state index contributed by atoms with van der Waals surface area (Å²) < 4.78 is 0. The molecule has 0 amide bonds. The minimum Gasteiger partial charge on any atom is -0.0746 e. The van der Waals surface area contributed by atoms with Gasteiger partial charge in [-0.15, -0.1) is 0 Å². The Balaban J connectivity index is 5.13. The summed E-state index contributed by atoms with van der Waals surface area (Å²) in [5.41, 5.74) is 3.40. The Hall–Kier alpha value is 0.170. The molecular formula is C14H29P. The van der Waals surface area contributed by atoms with Crippen LogP contribution in [0.15, 0.2) is 10.9 Å². The van der Waals surface area contributed by atoms with Crippen LogP contribution in [-0.2, 0) is 0 Å². The minimum absolute atomic E-state index is 0.0864. The summed E-state index contributed by atoms with van der Waals surface area (Å²) in [4.78, 5) is 0. The van der Waals surface area contributed by atoms with E-state index in [1.807, 2.05) is 0 Å². The third-order valence-electron chi connectivity index (χ3n) is 3.02. The number of hydrogen-bond acceptors (Lipinski definition) is 0. The lowest BCUT2D eigenvalue weighted by molar-refractivity contribution is 0.928. The molecule has 1 heteroatoms. The normalized spacial score (nSPS) is 11.6. The first kappa shape index (κ1) is 15.2. The Bertz CT molecular complexity index is 187. The molecule has 0 N–H and O–H groups in total. The molecule has 0 heterocycles. The van der Waals surface area contributed by atoms with Gasteiger partial charge in [-0.05, 0) is 35.9 Å². The molecule has 0 nitrogen and oxygen atoms in total. The van der Waals surface area contributed by atoms with Crippen molar-refractivity contribution in [2.45, 2.75) is 79.0 Å². The molecule has 0 aliphatic rings. The molecule has 0 bridgehead atoms. The van der Waals surface area contributed by atoms with Crippen LogP contribution in [0, 0.1) is 0 Å². The number of hydrogen-bond donors (Lipinski definition) is 0. The number of rotatable bonds is 6. The van der Waals surface area contributed by atoms with Crippen LogP contribution in [0.3, 0.4) is 0 Å². The fourth-order valence-corrected chi connectivity index (χ4v) is 5.98. The van der Waals surface area contributed by atoms with Gasteiger partial charge in [-0.25, -0.2) is 0 Å². The number of allylic oxidation sites excluding steroid dienone is 2. The van der Waals surface area contributed by atoms with E-state index in [0.717, 1.165) is 11.3 Å². The molecule has 0 saturated carbocycles. The van der Waals surface area contributed by atoms with E-state index in [4.69, 9.17) is 0 Å². The zero-order chi connectivity index (χ0) is 12.0. The van der Waals surface area contributed by atoms with Crippen molar-refractivity contribution >= 4 is 7.92 Å². The zero-order valence-corrected chi connectivity index (χ0v) is 12.6. The molecule has 0 rings (SSSR count). The lowest BCUT2D eigenvalue weighted by Gasteiger charge is -2.30. The molecule has 0 aromatic carbocycles. The van der Waals surface area contributed by atoms with E-state index >= 15 is 0 Å². The summed E-state index contributed by atoms with van der Waals surface area (Å²) in [6.45, 7) is 16.5. The van der Waals surface area contributed by atoms with Crippen LogP contribution in [0.2, 0.25) is 0 Å². The van der Waals surface area contributed by atoms with Gasteiger partial charge in [-0.1, -0.05) is 62.0 Å². The van der Waals surface area contributed by atoms with Crippen LogP contribution in [0.1, 0.15) is 67.7 Å². The van der Waals surface area contributed by atoms with E-state index in [9.17, 15) is 0 Å². The molecule has 0 aliphatic heterocycles. The third kappa shape index (κ3) is 4.27. The molecule has 0 unspecified atom stereocenters. The van der Waals surface area contributed by atoms with Crippen LogP contribution < -0.4 is 0 Å². The molecule has 15 heavy (non-hydrogen) atoms. The van der Waals surface area contributed by atoms with Crippen molar-refractivity contribution in [3.05, 3.63) is 10.9 Å². The van der Waals surface area contributed by atoms with Gasteiger partial charge in [0.2, 0.25) is 0 Å². The smallest absolute Gasteiger partial charge is 0.0227 e. The van der Waals surface area contributed by atoms with Crippen LogP contribution >= 0.6 is 7.92 Å². The second-order valence-electron chi connectivity index (χ2n) is 4.71. The first-order valence-corrected chi connectivity index (χ1v) is 7.96. The van der Waals surface area contributed by atoms with Crippen LogP contribution in [-0.4, -0.2) is 11.3 Å². The van der Waals surface area contributed by atoms with Gasteiger partial charge in [0, 0.05) is 0 Å². The molecule has 0 spiro atoms. The largest absolute Gasteiger partial charge is 0.0746 e. The highest BCUT2D eigenvalue weighted by Crippen LogP contribution is 2.56. The first-order valence-electron chi connectivity index (χ1n) is 6.48. The topological polar surface area (TPSA) is 0 Å². The lowest BCUT2D eigenvalue weighted by atomic mass is 10.1. The second-order valence-corrected chi connectivity index (χ2v) is 8.13. The summed E-state index contributed by atoms with van der Waals surface area (Å²) in [6, 6.07) is 0. The van der Waals surface area contributed by atoms with Crippen molar-refractivity contribution in [1.29, 1.82) is 0 Å². The van der Waals surface area contributed by atoms with Gasteiger partial charge in [0.15, 0.2) is 0 Å². The van der Waals surface area contributed by atoms with Gasteiger partial charge in [0.05, 0.1) is 0 Å². The Morgan fingerprint density at radius 1 is 0.800 bits per heavy atom. The van der Waals surface area contributed by atoms with Gasteiger partial charge < -0.3 is 0 Å². The van der Waals surface area contributed by atoms with Gasteiger partial charge >= 0.3 is 0 Å². The molecule has 0 radical (unpaired) electrons. The van der Waals surface area contributed by atoms with Gasteiger partial charge in [0.1, 0.15) is 0 Å². The molecule has 0 saturated heterocycles. The van der Waals surface area contributed by atoms with Crippen molar-refractivity contribution in [1.82, 2.24) is 0 Å². The summed E-state index contributed by atoms with van der Waals surface area (Å²) >= 11 is 0. The molecular weight excluding hydrogens is 199 g/mol. The summed E-state index contributed by atoms with van der Waals surface area (Å²) in [6.07, 6.45) is 3.76. The summed E-state index contributed by atoms with van der Waals surface area (Å²) in [5, 5.41) is 1.81. The maximum Gasteiger partial charge on any atom is -0.0227 e. The maximum atomic E-state index is 2.39. The quantitative estimate of drug-likeness (QED) is 0.506. The third-order valence-corrected chi connectivity index (χ3v) is 6.50. The zero-order valence-electron chi connectivity index (χ0n) is 11.7. The van der Waals surface area contributed by atoms with E-state index in [1.165, 1.54) is 19.3 Å². The predicted octanol–water partition coefficient (Wildman–Crippen LogP) is 5.77. The van der Waals surface area contributed by atoms with Crippen molar-refractivity contribution in [2.75, 3.05) is 0 Å². The Morgan fingerprint density at radius 3 is 1.40 bits per heavy atom. The van der Waals surface area contributed by atoms with E-state index in [0.29, 0.717) is 0 Å². The average Bonchev–Trinajstić information content (AvgIpc) is 2.16. The highest BCUT2D eigenvalue weighted by molar-refractivity contribution is 7.63. The fraction of sp³-hybridized carbons (Fsp3) is 0.857. The van der Waals surface area contributed by atoms with Crippen molar-refractivity contribution < 1.29 is 0 Å². The highest BCUT2D eigenvalue weighted by atomic mass is 31.1. The molecule has 0 aliphatic carbocycles. The maximum absolute atomic E-state index is 2.39. The Morgan fingerprint density at radius 2 is 1.20 bits per heavy atom. The lowest BCUT2D eigenvalue weighted by Crippen LogP contribution is -2.07. The second kappa shape index (κ2) is 7.44. The van der Waals surface area contributed by atoms with Crippen LogP contribution in [0.25, 0.3) is 0 Å². The van der Waals surface area contributed by atoms with Crippen molar-refractivity contribution in [3.63, 3.8) is 0 Å². The summed E-state index contributed by atoms with van der Waals surface area (Å²) in [7, 11) is 0.0864. The van der Waals surface area contributed by atoms with Crippen molar-refractivity contribution in [2.24, 2.45) is 0 Å². The standard InChI is InChI=1S/C14H29P/c1-8-13(9-2)14(10-3)15(11(4)5)12(6)7/h11-12H,8-10H2,1-7H3. The first-order chi connectivity index (χ1) is 6.99. The molecule has 0 aromatic rings. The van der Waals surface area contributed by atoms with E-state index in [2.05, 4.69) is 48.5 Å². The SMILES string of the molecule is CCC(CC)=C(CC)P(C(C)C)C(C)C. The monoisotopic (exact) mass is 228 g/mol. The fourth-order valence-electron chi connectivity index (χ4n) is 2.49. The van der Waals surface area contributed by atoms with Gasteiger partial charge in [-0.2, -0.15) is 0 Å². The van der Waals surface area contributed by atoms with Gasteiger partial charge in [0.25, 0.3) is 0 Å². The average molecular weight is 228 g/mol. The molecule has 0 aromatic heterocycles. The molecule has 90 valence electrons.